The highest BCUT2D eigenvalue weighted by molar-refractivity contribution is 6.35. The molecule has 17 heteroatoms. The van der Waals surface area contributed by atoms with Crippen molar-refractivity contribution in [3.8, 4) is 5.75 Å². The molecule has 0 bridgehead atoms. The summed E-state index contributed by atoms with van der Waals surface area (Å²) < 4.78 is 23.0. The number of anilines is 1. The summed E-state index contributed by atoms with van der Waals surface area (Å²) in [6.07, 6.45) is 62.7. The predicted molar refractivity (Wildman–Crippen MR) is 397 cm³/mol. The lowest BCUT2D eigenvalue weighted by Crippen LogP contribution is -3.00. The van der Waals surface area contributed by atoms with Crippen LogP contribution in [0.3, 0.4) is 0 Å². The summed E-state index contributed by atoms with van der Waals surface area (Å²) in [6.45, 7) is 15.0. The van der Waals surface area contributed by atoms with Crippen molar-refractivity contribution >= 4 is 58.2 Å². The van der Waals surface area contributed by atoms with Gasteiger partial charge in [-0.2, -0.15) is 0 Å². The lowest BCUT2D eigenvalue weighted by Gasteiger charge is -2.35. The van der Waals surface area contributed by atoms with E-state index >= 15 is 0 Å². The summed E-state index contributed by atoms with van der Waals surface area (Å²) >= 11 is 18.4. The maximum atomic E-state index is 12.8. The van der Waals surface area contributed by atoms with Gasteiger partial charge in [0.1, 0.15) is 43.3 Å². The lowest BCUT2D eigenvalue weighted by atomic mass is 10.0. The van der Waals surface area contributed by atoms with E-state index in [0.717, 1.165) is 70.0 Å². The van der Waals surface area contributed by atoms with E-state index in [9.17, 15) is 14.4 Å². The Labute approximate surface area is 611 Å². The van der Waals surface area contributed by atoms with Crippen molar-refractivity contribution in [3.05, 3.63) is 76.8 Å². The Kier molecular flexibility index (Phi) is 55.7. The fourth-order valence-electron chi connectivity index (χ4n) is 12.5. The molecule has 4 N–H and O–H groups in total. The molecule has 2 aromatic carbocycles. The molecule has 0 saturated carbocycles. The first kappa shape index (κ1) is 88.2. The number of hydrogen-bond acceptors (Lipinski definition) is 8. The number of aromatic nitrogens is 2. The van der Waals surface area contributed by atoms with E-state index in [0.29, 0.717) is 35.3 Å². The largest absolute Gasteiger partial charge is 1.00 e. The highest BCUT2D eigenvalue weighted by Crippen LogP contribution is 2.41. The molecule has 0 radical (unpaired) electrons. The van der Waals surface area contributed by atoms with Crippen LogP contribution < -0.4 is 54.5 Å². The van der Waals surface area contributed by atoms with Crippen LogP contribution in [0.5, 0.6) is 5.75 Å². The van der Waals surface area contributed by atoms with E-state index in [2.05, 4.69) is 36.3 Å². The fourth-order valence-corrected chi connectivity index (χ4v) is 13.2. The van der Waals surface area contributed by atoms with E-state index in [-0.39, 0.29) is 66.8 Å². The quantitative estimate of drug-likeness (QED) is 0.0219. The first-order chi connectivity index (χ1) is 46.0. The fraction of sp³-hybridized carbons (Fsp3) is 0.769. The van der Waals surface area contributed by atoms with Gasteiger partial charge in [0.15, 0.2) is 6.54 Å². The number of piperazine rings is 1. The second-order valence-corrected chi connectivity index (χ2v) is 28.0. The zero-order valence-electron chi connectivity index (χ0n) is 60.4. The van der Waals surface area contributed by atoms with Crippen molar-refractivity contribution in [1.29, 1.82) is 0 Å². The Hall–Kier alpha value is -2.86. The molecule has 546 valence electrons. The first-order valence-electron chi connectivity index (χ1n) is 38.3. The Morgan fingerprint density at radius 2 is 1.00 bits per heavy atom. The number of alkyl halides is 1. The van der Waals surface area contributed by atoms with Crippen molar-refractivity contribution in [2.45, 2.75) is 322 Å². The van der Waals surface area contributed by atoms with Gasteiger partial charge in [0.2, 0.25) is 23.9 Å². The average molecular weight is 1500 g/mol. The third-order valence-corrected chi connectivity index (χ3v) is 19.2. The minimum atomic E-state index is -1.19. The van der Waals surface area contributed by atoms with Crippen LogP contribution in [0.15, 0.2) is 61.2 Å². The standard InChI is InChI=1S/C44H63Cl2N5O5.C18H36ClNO.C16H35N.HI/c1-3-4-5-6-7-8-9-10-11-12-13-14-15-16-23-47-43(53)31-48-24-25-49(35-48)34-44(41-22-17-37(45)30-42(41)46)55-33-40(56-44)32-54-39-20-18-38(19-21-39)51-28-26-50(27-29-51)36(2)52;1-2-3-4-5-6-7-8-9-10-11-12-13-14-15-16-20-18(21)17-19;1-2-3-4-5-6-7-8-9-10-11-12-13-14-15-16-17;/h17-22,24-25,30,35,40H,3-16,23,26-29,31-34H2,1-2H3;2-17H2,1H3,(H,20,21);2-17H2,1H3;1H/t40-,44-;;;/m1.../s1. The van der Waals surface area contributed by atoms with Gasteiger partial charge in [0.05, 0.1) is 11.6 Å². The summed E-state index contributed by atoms with van der Waals surface area (Å²) in [4.78, 5) is 39.5. The molecule has 13 nitrogen and oxygen atoms in total. The Bertz CT molecular complexity index is 2300. The number of nitrogens with two attached hydrogens (primary N) is 1. The monoisotopic (exact) mass is 1500 g/mol. The van der Waals surface area contributed by atoms with Gasteiger partial charge in [-0.25, -0.2) is 9.13 Å². The number of nitrogens with one attached hydrogen (secondary N) is 2. The number of hydrogen-bond donors (Lipinski definition) is 3. The molecule has 0 unspecified atom stereocenters. The molecule has 0 aliphatic carbocycles. The smallest absolute Gasteiger partial charge is 0.262 e. The molecule has 0 spiro atoms. The molecule has 3 heterocycles. The topological polar surface area (TPSA) is 144 Å². The van der Waals surface area contributed by atoms with Crippen molar-refractivity contribution in [2.75, 3.05) is 69.8 Å². The van der Waals surface area contributed by atoms with Crippen LogP contribution in [0.2, 0.25) is 10.0 Å². The van der Waals surface area contributed by atoms with Gasteiger partial charge in [-0.15, -0.1) is 11.6 Å². The molecule has 5 rings (SSSR count). The van der Waals surface area contributed by atoms with Crippen LogP contribution in [0, 0.1) is 0 Å². The molecule has 3 aromatic rings. The van der Waals surface area contributed by atoms with E-state index in [1.54, 1.807) is 19.1 Å². The maximum absolute atomic E-state index is 12.8. The van der Waals surface area contributed by atoms with Gasteiger partial charge in [0.25, 0.3) is 5.91 Å². The van der Waals surface area contributed by atoms with Crippen LogP contribution in [-0.4, -0.2) is 98.2 Å². The minimum Gasteiger partial charge on any atom is -1.00 e. The normalized spacial score (nSPS) is 15.2. The van der Waals surface area contributed by atoms with Crippen molar-refractivity contribution in [3.63, 3.8) is 0 Å². The number of unbranched alkanes of at least 4 members (excludes halogenated alkanes) is 39. The summed E-state index contributed by atoms with van der Waals surface area (Å²) in [5.41, 5.74) is 7.24. The summed E-state index contributed by atoms with van der Waals surface area (Å²) in [5, 5.41) is 6.86. The number of carbonyl (C=O) groups excluding carboxylic acids is 3. The number of halogens is 4. The Balaban J connectivity index is 0.000000644. The van der Waals surface area contributed by atoms with Gasteiger partial charge in [-0.1, -0.05) is 300 Å². The number of rotatable bonds is 54. The summed E-state index contributed by atoms with van der Waals surface area (Å²) in [6, 6.07) is 13.3. The maximum Gasteiger partial charge on any atom is 0.262 e. The molecule has 3 amide bonds. The molecule has 2 aliphatic heterocycles. The molecular formula is C78H135Cl3IN7O6. The second kappa shape index (κ2) is 60.0. The zero-order valence-corrected chi connectivity index (χ0v) is 64.8. The van der Waals surface area contributed by atoms with Gasteiger partial charge >= 0.3 is 0 Å². The van der Waals surface area contributed by atoms with Crippen molar-refractivity contribution in [2.24, 2.45) is 5.73 Å². The van der Waals surface area contributed by atoms with Crippen LogP contribution in [0.1, 0.15) is 303 Å². The second-order valence-electron chi connectivity index (χ2n) is 26.9. The SMILES string of the molecule is CCCCCCCCCCCCCCCCN.CCCCCCCCCCCCCCCCNC(=O)CCl.CCCCCCCCCCCCCCCCNC(=O)C[n+]1ccn(C[C@@]2(c3ccc(Cl)cc3Cl)OC[C@@H](COc3ccc(N4CCN(C(C)=O)CC4)cc3)O2)c1.[I-]. The number of nitrogens with zero attached hydrogens (tertiary/aromatic N) is 4. The molecule has 1 aromatic heterocycles. The van der Waals surface area contributed by atoms with Gasteiger partial charge in [0, 0.05) is 62.5 Å². The molecule has 2 atom stereocenters. The van der Waals surface area contributed by atoms with Crippen LogP contribution in [0.25, 0.3) is 0 Å². The summed E-state index contributed by atoms with van der Waals surface area (Å²) in [7, 11) is 0. The minimum absolute atomic E-state index is 0. The molecule has 2 fully saturated rings. The van der Waals surface area contributed by atoms with Crippen LogP contribution in [0.4, 0.5) is 5.69 Å². The highest BCUT2D eigenvalue weighted by Gasteiger charge is 2.47. The zero-order chi connectivity index (χ0) is 67.8. The Morgan fingerprint density at radius 3 is 1.41 bits per heavy atom. The molecular weight excluding hydrogens is 1360 g/mol. The van der Waals surface area contributed by atoms with Gasteiger partial charge < -0.3 is 64.4 Å². The number of imidazole rings is 1. The van der Waals surface area contributed by atoms with E-state index in [1.807, 2.05) is 63.1 Å². The first-order valence-corrected chi connectivity index (χ1v) is 39.6. The van der Waals surface area contributed by atoms with E-state index in [4.69, 9.17) is 54.7 Å². The number of ether oxygens (including phenoxy) is 3. The van der Waals surface area contributed by atoms with E-state index in [1.165, 1.54) is 250 Å². The average Bonchev–Trinajstić information content (AvgIpc) is 1.67. The summed E-state index contributed by atoms with van der Waals surface area (Å²) in [5.74, 6) is -0.308. The molecule has 95 heavy (non-hydrogen) atoms. The third kappa shape index (κ3) is 44.1. The molecule has 2 aliphatic rings. The van der Waals surface area contributed by atoms with Crippen molar-refractivity contribution < 1.29 is 57.1 Å². The highest BCUT2D eigenvalue weighted by atomic mass is 127. The van der Waals surface area contributed by atoms with Crippen molar-refractivity contribution in [1.82, 2.24) is 20.1 Å². The molecule has 2 saturated heterocycles. The number of carbonyl (C=O) groups is 3. The van der Waals surface area contributed by atoms with Gasteiger partial charge in [-0.05, 0) is 62.2 Å². The van der Waals surface area contributed by atoms with Crippen LogP contribution in [-0.2, 0) is 42.7 Å². The predicted octanol–water partition coefficient (Wildman–Crippen LogP) is 16.9. The van der Waals surface area contributed by atoms with E-state index < -0.39 is 5.79 Å². The lowest BCUT2D eigenvalue weighted by molar-refractivity contribution is -0.684. The Morgan fingerprint density at radius 1 is 0.579 bits per heavy atom. The third-order valence-electron chi connectivity index (χ3n) is 18.4. The van der Waals surface area contributed by atoms with Gasteiger partial charge in [-0.3, -0.25) is 14.4 Å². The van der Waals surface area contributed by atoms with Crippen LogP contribution >= 0.6 is 34.8 Å². The number of benzene rings is 2. The number of amides is 3.